The van der Waals surface area contributed by atoms with E-state index in [0.717, 1.165) is 37.2 Å². The number of amidine groups is 1. The Labute approximate surface area is 115 Å². The fourth-order valence-electron chi connectivity index (χ4n) is 2.47. The summed E-state index contributed by atoms with van der Waals surface area (Å²) in [6.07, 6.45) is 5.16. The lowest BCUT2D eigenvalue weighted by Crippen LogP contribution is -2.21. The molecule has 1 fully saturated rings. The van der Waals surface area contributed by atoms with Crippen LogP contribution in [0.25, 0.3) is 0 Å². The van der Waals surface area contributed by atoms with Crippen molar-refractivity contribution < 1.29 is 4.74 Å². The number of nitrogen functional groups attached to an aromatic ring is 1. The van der Waals surface area contributed by atoms with E-state index in [9.17, 15) is 0 Å². The quantitative estimate of drug-likeness (QED) is 0.610. The van der Waals surface area contributed by atoms with Crippen LogP contribution in [0.1, 0.15) is 31.2 Å². The van der Waals surface area contributed by atoms with E-state index in [1.165, 1.54) is 12.8 Å². The number of anilines is 1. The largest absolute Gasteiger partial charge is 0.384 e. The molecule has 4 heteroatoms. The lowest BCUT2D eigenvalue weighted by atomic mass is 10.1. The molecule has 0 aromatic heterocycles. The van der Waals surface area contributed by atoms with Crippen LogP contribution in [0.2, 0.25) is 0 Å². The van der Waals surface area contributed by atoms with E-state index in [-0.39, 0.29) is 5.84 Å². The Balaban J connectivity index is 1.83. The molecule has 0 saturated carbocycles. The van der Waals surface area contributed by atoms with Crippen LogP contribution in [0.5, 0.6) is 0 Å². The van der Waals surface area contributed by atoms with Gasteiger partial charge in [-0.05, 0) is 37.8 Å². The highest BCUT2D eigenvalue weighted by atomic mass is 16.5. The van der Waals surface area contributed by atoms with Crippen molar-refractivity contribution in [1.82, 2.24) is 0 Å². The van der Waals surface area contributed by atoms with Gasteiger partial charge in [-0.15, -0.1) is 0 Å². The summed E-state index contributed by atoms with van der Waals surface area (Å²) in [7, 11) is 2.08. The van der Waals surface area contributed by atoms with Gasteiger partial charge in [-0.25, -0.2) is 0 Å². The Kier molecular flexibility index (Phi) is 4.80. The number of nitrogens with two attached hydrogens (primary N) is 1. The number of nitrogens with one attached hydrogen (secondary N) is 1. The highest BCUT2D eigenvalue weighted by Crippen LogP contribution is 2.19. The van der Waals surface area contributed by atoms with Gasteiger partial charge in [0.1, 0.15) is 5.84 Å². The summed E-state index contributed by atoms with van der Waals surface area (Å²) in [5.41, 5.74) is 7.41. The van der Waals surface area contributed by atoms with Crippen molar-refractivity contribution in [1.29, 1.82) is 5.41 Å². The molecule has 0 bridgehead atoms. The second-order valence-corrected chi connectivity index (χ2v) is 5.16. The number of rotatable bonds is 6. The maximum Gasteiger partial charge on any atom is 0.122 e. The number of ether oxygens (including phenoxy) is 1. The molecule has 1 heterocycles. The number of nitrogens with zero attached hydrogens (tertiary/aromatic N) is 1. The first-order valence-corrected chi connectivity index (χ1v) is 6.94. The van der Waals surface area contributed by atoms with Gasteiger partial charge in [0.2, 0.25) is 0 Å². The predicted molar refractivity (Wildman–Crippen MR) is 78.9 cm³/mol. The third-order valence-electron chi connectivity index (χ3n) is 3.64. The maximum atomic E-state index is 7.47. The van der Waals surface area contributed by atoms with E-state index < -0.39 is 0 Å². The topological polar surface area (TPSA) is 62.3 Å². The molecule has 1 saturated heterocycles. The molecule has 0 amide bonds. The molecule has 3 N–H and O–H groups in total. The third-order valence-corrected chi connectivity index (χ3v) is 3.64. The van der Waals surface area contributed by atoms with Crippen molar-refractivity contribution in [2.24, 2.45) is 5.73 Å². The van der Waals surface area contributed by atoms with Crippen LogP contribution < -0.4 is 10.6 Å². The van der Waals surface area contributed by atoms with Crippen LogP contribution in [0.3, 0.4) is 0 Å². The molecule has 1 unspecified atom stereocenters. The van der Waals surface area contributed by atoms with Gasteiger partial charge in [0.25, 0.3) is 0 Å². The molecular formula is C15H23N3O. The van der Waals surface area contributed by atoms with Gasteiger partial charge in [-0.1, -0.05) is 12.1 Å². The molecule has 104 valence electrons. The Morgan fingerprint density at radius 1 is 1.53 bits per heavy atom. The minimum atomic E-state index is 0.120. The second kappa shape index (κ2) is 6.57. The summed E-state index contributed by atoms with van der Waals surface area (Å²) in [6.45, 7) is 1.93. The highest BCUT2D eigenvalue weighted by Gasteiger charge is 2.15. The summed E-state index contributed by atoms with van der Waals surface area (Å²) in [5, 5.41) is 7.47. The molecule has 0 spiro atoms. The van der Waals surface area contributed by atoms with Gasteiger partial charge in [0.15, 0.2) is 0 Å². The standard InChI is InChI=1S/C15H23N3O/c1-18(9-3-7-14-8-4-10-19-14)13-6-2-5-12(11-13)15(16)17/h2,5-6,11,14H,3-4,7-10H2,1H3,(H3,16,17). The molecule has 2 rings (SSSR count). The smallest absolute Gasteiger partial charge is 0.122 e. The van der Waals surface area contributed by atoms with Crippen molar-refractivity contribution in [2.45, 2.75) is 31.8 Å². The first-order chi connectivity index (χ1) is 9.16. The predicted octanol–water partition coefficient (Wildman–Crippen LogP) is 2.37. The second-order valence-electron chi connectivity index (χ2n) is 5.16. The summed E-state index contributed by atoms with van der Waals surface area (Å²) in [5.74, 6) is 0.120. The van der Waals surface area contributed by atoms with E-state index in [4.69, 9.17) is 15.9 Å². The van der Waals surface area contributed by atoms with Crippen LogP contribution in [-0.4, -0.2) is 32.1 Å². The molecule has 0 radical (unpaired) electrons. The summed E-state index contributed by atoms with van der Waals surface area (Å²) < 4.78 is 5.63. The van der Waals surface area contributed by atoms with Crippen molar-refractivity contribution in [3.8, 4) is 0 Å². The van der Waals surface area contributed by atoms with Gasteiger partial charge in [0, 0.05) is 31.5 Å². The fourth-order valence-corrected chi connectivity index (χ4v) is 2.47. The van der Waals surface area contributed by atoms with Crippen LogP contribution >= 0.6 is 0 Å². The minimum absolute atomic E-state index is 0.120. The molecule has 0 aliphatic carbocycles. The summed E-state index contributed by atoms with van der Waals surface area (Å²) in [4.78, 5) is 2.21. The molecule has 1 aliphatic heterocycles. The summed E-state index contributed by atoms with van der Waals surface area (Å²) >= 11 is 0. The Hall–Kier alpha value is -1.55. The zero-order valence-electron chi connectivity index (χ0n) is 11.6. The van der Waals surface area contributed by atoms with Crippen molar-refractivity contribution >= 4 is 11.5 Å². The van der Waals surface area contributed by atoms with Crippen molar-refractivity contribution in [2.75, 3.05) is 25.1 Å². The molecule has 19 heavy (non-hydrogen) atoms. The Bertz CT molecular complexity index is 427. The summed E-state index contributed by atoms with van der Waals surface area (Å²) in [6, 6.07) is 7.83. The highest BCUT2D eigenvalue weighted by molar-refractivity contribution is 5.95. The molecule has 4 nitrogen and oxygen atoms in total. The van der Waals surface area contributed by atoms with Crippen LogP contribution in [0, 0.1) is 5.41 Å². The minimum Gasteiger partial charge on any atom is -0.384 e. The van der Waals surface area contributed by atoms with Gasteiger partial charge < -0.3 is 15.4 Å². The SMILES string of the molecule is CN(CCCC1CCCO1)c1cccc(C(=N)N)c1. The molecule has 1 aliphatic rings. The zero-order chi connectivity index (χ0) is 13.7. The van der Waals surface area contributed by atoms with Gasteiger partial charge in [-0.3, -0.25) is 5.41 Å². The van der Waals surface area contributed by atoms with E-state index >= 15 is 0 Å². The van der Waals surface area contributed by atoms with E-state index in [2.05, 4.69) is 18.0 Å². The van der Waals surface area contributed by atoms with Gasteiger partial charge in [0.05, 0.1) is 6.10 Å². The lowest BCUT2D eigenvalue weighted by molar-refractivity contribution is 0.103. The normalized spacial score (nSPS) is 18.5. The monoisotopic (exact) mass is 261 g/mol. The van der Waals surface area contributed by atoms with Gasteiger partial charge >= 0.3 is 0 Å². The number of hydrogen-bond acceptors (Lipinski definition) is 3. The van der Waals surface area contributed by atoms with E-state index in [0.29, 0.717) is 6.10 Å². The third kappa shape index (κ3) is 3.96. The lowest BCUT2D eigenvalue weighted by Gasteiger charge is -2.20. The van der Waals surface area contributed by atoms with Crippen molar-refractivity contribution in [3.05, 3.63) is 29.8 Å². The first-order valence-electron chi connectivity index (χ1n) is 6.94. The average molecular weight is 261 g/mol. The van der Waals surface area contributed by atoms with Crippen LogP contribution in [-0.2, 0) is 4.74 Å². The molecule has 1 aromatic carbocycles. The molecule has 1 aromatic rings. The first kappa shape index (κ1) is 13.9. The number of hydrogen-bond donors (Lipinski definition) is 2. The molecule has 1 atom stereocenters. The van der Waals surface area contributed by atoms with Crippen molar-refractivity contribution in [3.63, 3.8) is 0 Å². The Morgan fingerprint density at radius 2 is 2.37 bits per heavy atom. The Morgan fingerprint density at radius 3 is 3.05 bits per heavy atom. The number of benzene rings is 1. The molecular weight excluding hydrogens is 238 g/mol. The average Bonchev–Trinajstić information content (AvgIpc) is 2.92. The van der Waals surface area contributed by atoms with E-state index in [1.807, 2.05) is 18.2 Å². The zero-order valence-corrected chi connectivity index (χ0v) is 11.6. The maximum absolute atomic E-state index is 7.47. The fraction of sp³-hybridized carbons (Fsp3) is 0.533. The van der Waals surface area contributed by atoms with Crippen LogP contribution in [0.15, 0.2) is 24.3 Å². The van der Waals surface area contributed by atoms with E-state index in [1.54, 1.807) is 0 Å². The van der Waals surface area contributed by atoms with Gasteiger partial charge in [-0.2, -0.15) is 0 Å². The van der Waals surface area contributed by atoms with Crippen LogP contribution in [0.4, 0.5) is 5.69 Å².